The van der Waals surface area contributed by atoms with Gasteiger partial charge in [0.15, 0.2) is 0 Å². The Balaban J connectivity index is 1.61. The van der Waals surface area contributed by atoms with Gasteiger partial charge < -0.3 is 5.32 Å². The minimum absolute atomic E-state index is 0.0615. The molecule has 0 spiro atoms. The van der Waals surface area contributed by atoms with Crippen LogP contribution in [0.2, 0.25) is 0 Å². The molecule has 0 unspecified atom stereocenters. The van der Waals surface area contributed by atoms with Gasteiger partial charge in [-0.05, 0) is 55.8 Å². The summed E-state index contributed by atoms with van der Waals surface area (Å²) in [5.41, 5.74) is 5.09. The van der Waals surface area contributed by atoms with Crippen molar-refractivity contribution in [2.45, 2.75) is 33.9 Å². The highest BCUT2D eigenvalue weighted by Gasteiger charge is 2.15. The van der Waals surface area contributed by atoms with Crippen LogP contribution in [0.3, 0.4) is 0 Å². The molecule has 1 amide bonds. The number of fused-ring (bicyclic) bond motifs is 1. The van der Waals surface area contributed by atoms with E-state index in [0.717, 1.165) is 34.7 Å². The summed E-state index contributed by atoms with van der Waals surface area (Å²) in [6.45, 7) is 7.58. The van der Waals surface area contributed by atoms with Crippen LogP contribution < -0.4 is 5.32 Å². The molecule has 3 aromatic rings. The number of nitrogens with zero attached hydrogens (tertiary/aromatic N) is 5. The molecule has 0 atom stereocenters. The smallest absolute Gasteiger partial charge is 0.238 e. The highest BCUT2D eigenvalue weighted by Crippen LogP contribution is 2.19. The predicted octanol–water partition coefficient (Wildman–Crippen LogP) is 2.13. The van der Waals surface area contributed by atoms with Crippen LogP contribution in [-0.2, 0) is 17.9 Å². The maximum atomic E-state index is 12.4. The zero-order valence-electron chi connectivity index (χ0n) is 14.9. The van der Waals surface area contributed by atoms with E-state index in [1.807, 2.05) is 55.6 Å². The molecule has 0 aliphatic carbocycles. The Morgan fingerprint density at radius 1 is 1.28 bits per heavy atom. The van der Waals surface area contributed by atoms with Gasteiger partial charge in [-0.3, -0.25) is 14.4 Å². The Bertz CT molecular complexity index is 898. The van der Waals surface area contributed by atoms with E-state index in [1.54, 1.807) is 0 Å². The molecule has 0 fully saturated rings. The first-order chi connectivity index (χ1) is 12.0. The van der Waals surface area contributed by atoms with Crippen molar-refractivity contribution >= 4 is 22.6 Å². The van der Waals surface area contributed by atoms with Crippen molar-refractivity contribution in [3.63, 3.8) is 0 Å². The zero-order valence-corrected chi connectivity index (χ0v) is 14.9. The lowest BCUT2D eigenvalue weighted by atomic mass is 10.2. The normalized spacial score (nSPS) is 11.4. The number of carbonyl (C=O) groups excluding carboxylic acids is 1. The van der Waals surface area contributed by atoms with E-state index in [4.69, 9.17) is 4.63 Å². The monoisotopic (exact) mass is 342 g/mol. The van der Waals surface area contributed by atoms with Gasteiger partial charge in [0.25, 0.3) is 0 Å². The molecule has 0 aliphatic heterocycles. The van der Waals surface area contributed by atoms with Gasteiger partial charge in [-0.2, -0.15) is 5.10 Å². The van der Waals surface area contributed by atoms with Gasteiger partial charge in [0.2, 0.25) is 5.91 Å². The molecule has 1 aromatic carbocycles. The number of aryl methyl sites for hydroxylation is 2. The fraction of sp³-hybridized carbons (Fsp3) is 0.412. The molecule has 8 heteroatoms. The fourth-order valence-electron chi connectivity index (χ4n) is 2.90. The molecule has 0 saturated carbocycles. The van der Waals surface area contributed by atoms with Crippen molar-refractivity contribution in [3.8, 4) is 0 Å². The standard InChI is InChI=1S/C17H22N6O2/c1-5-23-12(3)17(11(2)19-23)18-16(24)10-22(4)9-13-6-7-14-15(8-13)21-25-20-14/h6-8H,5,9-10H2,1-4H3,(H,18,24). The Labute approximate surface area is 145 Å². The zero-order chi connectivity index (χ0) is 18.0. The molecule has 132 valence electrons. The fourth-order valence-corrected chi connectivity index (χ4v) is 2.90. The van der Waals surface area contributed by atoms with Crippen LogP contribution in [0.15, 0.2) is 22.8 Å². The van der Waals surface area contributed by atoms with Crippen LogP contribution in [0.5, 0.6) is 0 Å². The molecule has 0 radical (unpaired) electrons. The molecule has 8 nitrogen and oxygen atoms in total. The van der Waals surface area contributed by atoms with Crippen LogP contribution >= 0.6 is 0 Å². The molecular formula is C17H22N6O2. The van der Waals surface area contributed by atoms with Gasteiger partial charge in [0, 0.05) is 13.1 Å². The summed E-state index contributed by atoms with van der Waals surface area (Å²) in [5, 5.41) is 15.0. The molecule has 0 aliphatic rings. The van der Waals surface area contributed by atoms with E-state index in [0.29, 0.717) is 12.1 Å². The molecule has 0 bridgehead atoms. The molecule has 3 rings (SSSR count). The van der Waals surface area contributed by atoms with Crippen LogP contribution in [-0.4, -0.2) is 44.5 Å². The van der Waals surface area contributed by atoms with E-state index in [-0.39, 0.29) is 12.5 Å². The largest absolute Gasteiger partial charge is 0.322 e. The van der Waals surface area contributed by atoms with Crippen LogP contribution in [0.25, 0.3) is 11.0 Å². The van der Waals surface area contributed by atoms with Gasteiger partial charge >= 0.3 is 0 Å². The Morgan fingerprint density at radius 3 is 2.76 bits per heavy atom. The highest BCUT2D eigenvalue weighted by molar-refractivity contribution is 5.93. The molecule has 0 saturated heterocycles. The van der Waals surface area contributed by atoms with Gasteiger partial charge in [-0.15, -0.1) is 0 Å². The van der Waals surface area contributed by atoms with E-state index in [1.165, 1.54) is 0 Å². The van der Waals surface area contributed by atoms with Crippen molar-refractivity contribution in [3.05, 3.63) is 35.2 Å². The molecule has 25 heavy (non-hydrogen) atoms. The summed E-state index contributed by atoms with van der Waals surface area (Å²) < 4.78 is 6.59. The molecule has 1 N–H and O–H groups in total. The average molecular weight is 342 g/mol. The van der Waals surface area contributed by atoms with Gasteiger partial charge in [0.1, 0.15) is 11.0 Å². The number of carbonyl (C=O) groups is 1. The number of rotatable bonds is 6. The lowest BCUT2D eigenvalue weighted by molar-refractivity contribution is -0.117. The third-order valence-electron chi connectivity index (χ3n) is 4.13. The first kappa shape index (κ1) is 17.1. The van der Waals surface area contributed by atoms with Crippen LogP contribution in [0.4, 0.5) is 5.69 Å². The second-order valence-corrected chi connectivity index (χ2v) is 6.17. The van der Waals surface area contributed by atoms with Gasteiger partial charge in [-0.1, -0.05) is 6.07 Å². The van der Waals surface area contributed by atoms with E-state index >= 15 is 0 Å². The van der Waals surface area contributed by atoms with Crippen LogP contribution in [0, 0.1) is 13.8 Å². The summed E-state index contributed by atoms with van der Waals surface area (Å²) in [6, 6.07) is 5.74. The number of hydrogen-bond donors (Lipinski definition) is 1. The van der Waals surface area contributed by atoms with Crippen molar-refractivity contribution in [1.29, 1.82) is 0 Å². The lowest BCUT2D eigenvalue weighted by Crippen LogP contribution is -2.30. The Hall–Kier alpha value is -2.74. The molecular weight excluding hydrogens is 320 g/mol. The topological polar surface area (TPSA) is 89.1 Å². The minimum atomic E-state index is -0.0615. The number of amides is 1. The van der Waals surface area contributed by atoms with E-state index in [9.17, 15) is 4.79 Å². The molecule has 2 heterocycles. The summed E-state index contributed by atoms with van der Waals surface area (Å²) in [5.74, 6) is -0.0615. The highest BCUT2D eigenvalue weighted by atomic mass is 16.6. The third-order valence-corrected chi connectivity index (χ3v) is 4.13. The number of nitrogens with one attached hydrogen (secondary N) is 1. The number of likely N-dealkylation sites (N-methyl/N-ethyl adjacent to an activating group) is 1. The quantitative estimate of drug-likeness (QED) is 0.738. The van der Waals surface area contributed by atoms with Gasteiger partial charge in [-0.25, -0.2) is 4.63 Å². The average Bonchev–Trinajstić information content (AvgIpc) is 3.13. The summed E-state index contributed by atoms with van der Waals surface area (Å²) in [7, 11) is 1.90. The van der Waals surface area contributed by atoms with Crippen LogP contribution in [0.1, 0.15) is 23.9 Å². The second-order valence-electron chi connectivity index (χ2n) is 6.17. The number of benzene rings is 1. The maximum Gasteiger partial charge on any atom is 0.238 e. The summed E-state index contributed by atoms with van der Waals surface area (Å²) in [6.07, 6.45) is 0. The number of hydrogen-bond acceptors (Lipinski definition) is 6. The SMILES string of the molecule is CCn1nc(C)c(NC(=O)CN(C)Cc2ccc3nonc3c2)c1C. The second kappa shape index (κ2) is 7.02. The lowest BCUT2D eigenvalue weighted by Gasteiger charge is -2.16. The first-order valence-corrected chi connectivity index (χ1v) is 8.21. The number of aromatic nitrogens is 4. The Kier molecular flexibility index (Phi) is 4.80. The Morgan fingerprint density at radius 2 is 2.04 bits per heavy atom. The minimum Gasteiger partial charge on any atom is -0.322 e. The summed E-state index contributed by atoms with van der Waals surface area (Å²) in [4.78, 5) is 14.3. The van der Waals surface area contributed by atoms with E-state index < -0.39 is 0 Å². The maximum absolute atomic E-state index is 12.4. The van der Waals surface area contributed by atoms with Crippen molar-refractivity contribution in [1.82, 2.24) is 25.0 Å². The van der Waals surface area contributed by atoms with Crippen molar-refractivity contribution in [2.24, 2.45) is 0 Å². The van der Waals surface area contributed by atoms with Crippen molar-refractivity contribution < 1.29 is 9.42 Å². The summed E-state index contributed by atoms with van der Waals surface area (Å²) >= 11 is 0. The number of anilines is 1. The van der Waals surface area contributed by atoms with Gasteiger partial charge in [0.05, 0.1) is 23.6 Å². The molecule has 2 aromatic heterocycles. The predicted molar refractivity (Wildman–Crippen MR) is 94.1 cm³/mol. The third kappa shape index (κ3) is 3.69. The first-order valence-electron chi connectivity index (χ1n) is 8.21. The van der Waals surface area contributed by atoms with E-state index in [2.05, 4.69) is 20.7 Å². The van der Waals surface area contributed by atoms with Crippen molar-refractivity contribution in [2.75, 3.05) is 18.9 Å².